The van der Waals surface area contributed by atoms with Crippen molar-refractivity contribution in [2.24, 2.45) is 7.05 Å². The molecule has 140 valence electrons. The number of halogens is 2. The van der Waals surface area contributed by atoms with Crippen LogP contribution in [0.3, 0.4) is 0 Å². The average molecular weight is 403 g/mol. The van der Waals surface area contributed by atoms with Gasteiger partial charge in [-0.3, -0.25) is 9.36 Å². The molecule has 0 saturated heterocycles. The molecule has 0 aliphatic rings. The Bertz CT molecular complexity index is 1030. The molecule has 27 heavy (non-hydrogen) atoms. The summed E-state index contributed by atoms with van der Waals surface area (Å²) in [4.78, 5) is 17.4. The van der Waals surface area contributed by atoms with Crippen molar-refractivity contribution in [3.8, 4) is 0 Å². The lowest BCUT2D eigenvalue weighted by Gasteiger charge is -2.13. The smallest absolute Gasteiger partial charge is 0.257 e. The number of benzene rings is 2. The van der Waals surface area contributed by atoms with Gasteiger partial charge >= 0.3 is 0 Å². The van der Waals surface area contributed by atoms with Crippen LogP contribution < -0.4 is 5.56 Å². The van der Waals surface area contributed by atoms with Crippen LogP contribution in [0, 0.1) is 19.7 Å². The Morgan fingerprint density at radius 1 is 1.15 bits per heavy atom. The molecular formula is C21H20ClFN2OS. The topological polar surface area (TPSA) is 34.9 Å². The summed E-state index contributed by atoms with van der Waals surface area (Å²) < 4.78 is 15.5. The third-order valence-electron chi connectivity index (χ3n) is 4.42. The highest BCUT2D eigenvalue weighted by atomic mass is 35.5. The van der Waals surface area contributed by atoms with Gasteiger partial charge in [-0.25, -0.2) is 9.37 Å². The molecule has 0 amide bonds. The molecule has 0 aliphatic carbocycles. The van der Waals surface area contributed by atoms with Crippen LogP contribution in [0.2, 0.25) is 5.02 Å². The van der Waals surface area contributed by atoms with Gasteiger partial charge in [0, 0.05) is 41.1 Å². The van der Waals surface area contributed by atoms with E-state index in [1.54, 1.807) is 19.2 Å². The van der Waals surface area contributed by atoms with Crippen molar-refractivity contribution in [3.63, 3.8) is 0 Å². The molecule has 6 heteroatoms. The van der Waals surface area contributed by atoms with E-state index in [1.165, 1.54) is 22.4 Å². The second kappa shape index (κ2) is 8.28. The van der Waals surface area contributed by atoms with Crippen LogP contribution in [0.15, 0.2) is 52.4 Å². The fourth-order valence-electron chi connectivity index (χ4n) is 2.90. The molecule has 0 saturated carbocycles. The number of hydrogen-bond acceptors (Lipinski definition) is 3. The first kappa shape index (κ1) is 19.6. The van der Waals surface area contributed by atoms with Crippen molar-refractivity contribution in [1.29, 1.82) is 0 Å². The summed E-state index contributed by atoms with van der Waals surface area (Å²) >= 11 is 7.39. The number of aromatic nitrogens is 2. The van der Waals surface area contributed by atoms with E-state index in [-0.39, 0.29) is 11.4 Å². The second-order valence-corrected chi connectivity index (χ2v) is 7.83. The number of thioether (sulfide) groups is 1. The fraction of sp³-hybridized carbons (Fsp3) is 0.238. The standard InChI is InChI=1S/C21H20ClFN2OS/c1-13-6-4-7-15(10-13)11-16-14(2)24-21(25(3)20(16)26)27-12-17-18(22)8-5-9-19(17)23/h4-10H,11-12H2,1-3H3. The predicted molar refractivity (Wildman–Crippen MR) is 109 cm³/mol. The van der Waals surface area contributed by atoms with Gasteiger partial charge in [0.2, 0.25) is 0 Å². The average Bonchev–Trinajstić information content (AvgIpc) is 2.62. The zero-order valence-corrected chi connectivity index (χ0v) is 17.0. The number of rotatable bonds is 5. The second-order valence-electron chi connectivity index (χ2n) is 6.48. The van der Waals surface area contributed by atoms with Crippen molar-refractivity contribution in [1.82, 2.24) is 9.55 Å². The molecule has 0 fully saturated rings. The van der Waals surface area contributed by atoms with Crippen LogP contribution in [-0.2, 0) is 19.2 Å². The Morgan fingerprint density at radius 3 is 2.59 bits per heavy atom. The molecule has 0 unspecified atom stereocenters. The Kier molecular flexibility index (Phi) is 6.02. The van der Waals surface area contributed by atoms with Gasteiger partial charge in [-0.15, -0.1) is 0 Å². The molecule has 0 radical (unpaired) electrons. The molecular weight excluding hydrogens is 383 g/mol. The van der Waals surface area contributed by atoms with E-state index in [9.17, 15) is 9.18 Å². The van der Waals surface area contributed by atoms with Crippen molar-refractivity contribution in [2.45, 2.75) is 31.2 Å². The van der Waals surface area contributed by atoms with Crippen LogP contribution in [0.5, 0.6) is 0 Å². The first-order valence-electron chi connectivity index (χ1n) is 8.54. The minimum absolute atomic E-state index is 0.0777. The zero-order chi connectivity index (χ0) is 19.6. The quantitative estimate of drug-likeness (QED) is 0.441. The first-order chi connectivity index (χ1) is 12.9. The Labute approximate surface area is 167 Å². The third kappa shape index (κ3) is 4.42. The van der Waals surface area contributed by atoms with Gasteiger partial charge in [-0.2, -0.15) is 0 Å². The lowest BCUT2D eigenvalue weighted by atomic mass is 10.0. The maximum absolute atomic E-state index is 14.0. The molecule has 1 aromatic heterocycles. The number of hydrogen-bond donors (Lipinski definition) is 0. The largest absolute Gasteiger partial charge is 0.291 e. The number of aryl methyl sites for hydroxylation is 2. The van der Waals surface area contributed by atoms with Gasteiger partial charge in [-0.05, 0) is 31.5 Å². The minimum atomic E-state index is -0.354. The van der Waals surface area contributed by atoms with Crippen LogP contribution in [0.25, 0.3) is 0 Å². The van der Waals surface area contributed by atoms with E-state index in [0.717, 1.165) is 11.1 Å². The zero-order valence-electron chi connectivity index (χ0n) is 15.4. The van der Waals surface area contributed by atoms with E-state index in [0.29, 0.717) is 39.2 Å². The lowest BCUT2D eigenvalue weighted by molar-refractivity contribution is 0.617. The number of nitrogens with zero attached hydrogens (tertiary/aromatic N) is 2. The molecule has 3 rings (SSSR count). The van der Waals surface area contributed by atoms with Gasteiger partial charge in [0.1, 0.15) is 5.82 Å². The van der Waals surface area contributed by atoms with E-state index in [2.05, 4.69) is 11.1 Å². The van der Waals surface area contributed by atoms with E-state index < -0.39 is 0 Å². The minimum Gasteiger partial charge on any atom is -0.291 e. The third-order valence-corrected chi connectivity index (χ3v) is 5.83. The lowest BCUT2D eigenvalue weighted by Crippen LogP contribution is -2.25. The SMILES string of the molecule is Cc1cccc(Cc2c(C)nc(SCc3c(F)cccc3Cl)n(C)c2=O)c1. The predicted octanol–water partition coefficient (Wildman–Crippen LogP) is 5.07. The molecule has 1 heterocycles. The van der Waals surface area contributed by atoms with Crippen LogP contribution in [0.1, 0.15) is 27.9 Å². The van der Waals surface area contributed by atoms with Gasteiger partial charge in [0.25, 0.3) is 5.56 Å². The Hall–Kier alpha value is -2.11. The summed E-state index contributed by atoms with van der Waals surface area (Å²) in [6, 6.07) is 12.7. The summed E-state index contributed by atoms with van der Waals surface area (Å²) in [5.41, 5.74) is 3.95. The summed E-state index contributed by atoms with van der Waals surface area (Å²) in [6.07, 6.45) is 0.539. The highest BCUT2D eigenvalue weighted by Gasteiger charge is 2.15. The maximum atomic E-state index is 14.0. The van der Waals surface area contributed by atoms with Gasteiger partial charge < -0.3 is 0 Å². The van der Waals surface area contributed by atoms with Crippen molar-refractivity contribution in [3.05, 3.63) is 91.6 Å². The summed E-state index contributed by atoms with van der Waals surface area (Å²) in [7, 11) is 1.69. The fourth-order valence-corrected chi connectivity index (χ4v) is 4.25. The molecule has 0 aliphatic heterocycles. The van der Waals surface area contributed by atoms with Gasteiger partial charge in [-0.1, -0.05) is 59.3 Å². The normalized spacial score (nSPS) is 11.0. The summed E-state index contributed by atoms with van der Waals surface area (Å²) in [5, 5.41) is 0.921. The monoisotopic (exact) mass is 402 g/mol. The Balaban J connectivity index is 1.87. The highest BCUT2D eigenvalue weighted by molar-refractivity contribution is 7.98. The molecule has 0 N–H and O–H groups in total. The molecule has 3 aromatic rings. The molecule has 0 bridgehead atoms. The van der Waals surface area contributed by atoms with Crippen molar-refractivity contribution >= 4 is 23.4 Å². The molecule has 2 aromatic carbocycles. The highest BCUT2D eigenvalue weighted by Crippen LogP contribution is 2.27. The summed E-state index contributed by atoms with van der Waals surface area (Å²) in [5.74, 6) is -0.0459. The van der Waals surface area contributed by atoms with E-state index >= 15 is 0 Å². The van der Waals surface area contributed by atoms with Crippen LogP contribution in [-0.4, -0.2) is 9.55 Å². The van der Waals surface area contributed by atoms with Crippen molar-refractivity contribution in [2.75, 3.05) is 0 Å². The Morgan fingerprint density at radius 2 is 1.89 bits per heavy atom. The van der Waals surface area contributed by atoms with Crippen LogP contribution in [0.4, 0.5) is 4.39 Å². The van der Waals surface area contributed by atoms with E-state index in [1.807, 2.05) is 32.0 Å². The van der Waals surface area contributed by atoms with E-state index in [4.69, 9.17) is 11.6 Å². The molecule has 0 atom stereocenters. The van der Waals surface area contributed by atoms with Crippen molar-refractivity contribution < 1.29 is 4.39 Å². The van der Waals surface area contributed by atoms with Gasteiger partial charge in [0.15, 0.2) is 5.16 Å². The molecule has 0 spiro atoms. The van der Waals surface area contributed by atoms with Crippen LogP contribution >= 0.6 is 23.4 Å². The van der Waals surface area contributed by atoms with Gasteiger partial charge in [0.05, 0.1) is 0 Å². The summed E-state index contributed by atoms with van der Waals surface area (Å²) in [6.45, 7) is 3.87. The molecule has 3 nitrogen and oxygen atoms in total. The first-order valence-corrected chi connectivity index (χ1v) is 9.91. The maximum Gasteiger partial charge on any atom is 0.257 e.